The van der Waals surface area contributed by atoms with Crippen molar-refractivity contribution in [3.8, 4) is 0 Å². The van der Waals surface area contributed by atoms with Gasteiger partial charge < -0.3 is 5.32 Å². The minimum Gasteiger partial charge on any atom is -0.379 e. The molecule has 15 heavy (non-hydrogen) atoms. The highest BCUT2D eigenvalue weighted by Gasteiger charge is 2.37. The van der Waals surface area contributed by atoms with E-state index in [4.69, 9.17) is 0 Å². The van der Waals surface area contributed by atoms with Crippen molar-refractivity contribution in [3.05, 3.63) is 29.3 Å². The third-order valence-electron chi connectivity index (χ3n) is 4.14. The molecule has 1 nitrogen and oxygen atoms in total. The van der Waals surface area contributed by atoms with Crippen LogP contribution in [0.1, 0.15) is 43.2 Å². The smallest absolute Gasteiger partial charge is 0.0415 e. The number of fused-ring (bicyclic) bond motifs is 1. The van der Waals surface area contributed by atoms with Crippen LogP contribution in [0.3, 0.4) is 0 Å². The number of nitrogens with one attached hydrogen (secondary N) is 1. The maximum absolute atomic E-state index is 3.79. The monoisotopic (exact) mass is 201 g/mol. The van der Waals surface area contributed by atoms with E-state index in [1.807, 2.05) is 0 Å². The molecule has 1 N–H and O–H groups in total. The summed E-state index contributed by atoms with van der Waals surface area (Å²) in [7, 11) is 0. The van der Waals surface area contributed by atoms with E-state index in [-0.39, 0.29) is 0 Å². The van der Waals surface area contributed by atoms with Gasteiger partial charge in [0.25, 0.3) is 0 Å². The molecule has 1 saturated carbocycles. The van der Waals surface area contributed by atoms with Gasteiger partial charge in [-0.1, -0.05) is 31.4 Å². The van der Waals surface area contributed by atoms with Crippen LogP contribution in [0.5, 0.6) is 0 Å². The lowest BCUT2D eigenvalue weighted by Gasteiger charge is -2.34. The Bertz CT molecular complexity index is 375. The zero-order valence-corrected chi connectivity index (χ0v) is 9.47. The predicted molar refractivity (Wildman–Crippen MR) is 64.3 cm³/mol. The number of anilines is 1. The van der Waals surface area contributed by atoms with E-state index >= 15 is 0 Å². The quantitative estimate of drug-likeness (QED) is 0.675. The Morgan fingerprint density at radius 2 is 1.93 bits per heavy atom. The normalized spacial score (nSPS) is 22.5. The van der Waals surface area contributed by atoms with Gasteiger partial charge in [-0.05, 0) is 43.4 Å². The van der Waals surface area contributed by atoms with Crippen LogP contribution >= 0.6 is 0 Å². The third kappa shape index (κ3) is 1.45. The first-order valence-corrected chi connectivity index (χ1v) is 6.16. The van der Waals surface area contributed by atoms with Crippen molar-refractivity contribution in [2.75, 3.05) is 5.32 Å². The number of aryl methyl sites for hydroxylation is 1. The van der Waals surface area contributed by atoms with E-state index in [1.54, 1.807) is 5.56 Å². The maximum Gasteiger partial charge on any atom is 0.0415 e. The van der Waals surface area contributed by atoms with E-state index in [9.17, 15) is 0 Å². The molecular formula is C14H19N. The summed E-state index contributed by atoms with van der Waals surface area (Å²) in [5.41, 5.74) is 4.85. The highest BCUT2D eigenvalue weighted by atomic mass is 15.0. The van der Waals surface area contributed by atoms with E-state index in [2.05, 4.69) is 30.4 Å². The molecule has 0 unspecified atom stereocenters. The van der Waals surface area contributed by atoms with Gasteiger partial charge in [0, 0.05) is 11.2 Å². The van der Waals surface area contributed by atoms with Gasteiger partial charge in [-0.15, -0.1) is 0 Å². The average molecular weight is 201 g/mol. The van der Waals surface area contributed by atoms with Gasteiger partial charge in [-0.25, -0.2) is 0 Å². The first-order chi connectivity index (χ1) is 7.29. The Morgan fingerprint density at radius 1 is 1.13 bits per heavy atom. The second-order valence-corrected chi connectivity index (χ2v) is 5.24. The molecule has 2 aliphatic rings. The van der Waals surface area contributed by atoms with Crippen molar-refractivity contribution in [2.24, 2.45) is 0 Å². The summed E-state index contributed by atoms with van der Waals surface area (Å²) in [6.45, 7) is 2.24. The molecule has 1 aromatic rings. The molecule has 1 heterocycles. The van der Waals surface area contributed by atoms with E-state index in [0.717, 1.165) is 0 Å². The molecule has 1 spiro atoms. The number of hydrogen-bond donors (Lipinski definition) is 1. The van der Waals surface area contributed by atoms with E-state index in [0.29, 0.717) is 5.54 Å². The first-order valence-electron chi connectivity index (χ1n) is 6.16. The summed E-state index contributed by atoms with van der Waals surface area (Å²) < 4.78 is 0. The minimum absolute atomic E-state index is 0.423. The lowest BCUT2D eigenvalue weighted by Crippen LogP contribution is -2.38. The molecular weight excluding hydrogens is 182 g/mol. The number of benzene rings is 1. The summed E-state index contributed by atoms with van der Waals surface area (Å²) in [5.74, 6) is 0. The van der Waals surface area contributed by atoms with Gasteiger partial charge in [0.05, 0.1) is 0 Å². The Balaban J connectivity index is 1.94. The topological polar surface area (TPSA) is 12.0 Å². The van der Waals surface area contributed by atoms with Crippen molar-refractivity contribution in [2.45, 2.75) is 51.0 Å². The fourth-order valence-corrected chi connectivity index (χ4v) is 3.25. The van der Waals surface area contributed by atoms with Gasteiger partial charge in [0.1, 0.15) is 0 Å². The Morgan fingerprint density at radius 3 is 2.67 bits per heavy atom. The van der Waals surface area contributed by atoms with Gasteiger partial charge in [-0.2, -0.15) is 0 Å². The zero-order valence-electron chi connectivity index (χ0n) is 9.47. The molecule has 80 valence electrons. The second kappa shape index (κ2) is 3.26. The van der Waals surface area contributed by atoms with Gasteiger partial charge in [0.15, 0.2) is 0 Å². The standard InChI is InChI=1S/C14H19N/c1-11-6-5-7-13-12(11)10-14(15-13)8-3-2-4-9-14/h5-7,15H,2-4,8-10H2,1H3. The molecule has 1 aliphatic heterocycles. The van der Waals surface area contributed by atoms with Crippen LogP contribution in [0, 0.1) is 6.92 Å². The van der Waals surface area contributed by atoms with Crippen LogP contribution in [-0.2, 0) is 6.42 Å². The molecule has 0 atom stereocenters. The lowest BCUT2D eigenvalue weighted by atomic mass is 9.79. The van der Waals surface area contributed by atoms with Crippen LogP contribution < -0.4 is 5.32 Å². The Kier molecular flexibility index (Phi) is 2.01. The molecule has 0 saturated heterocycles. The molecule has 3 rings (SSSR count). The fourth-order valence-electron chi connectivity index (χ4n) is 3.25. The molecule has 0 radical (unpaired) electrons. The first kappa shape index (κ1) is 9.26. The summed E-state index contributed by atoms with van der Waals surface area (Å²) >= 11 is 0. The maximum atomic E-state index is 3.79. The highest BCUT2D eigenvalue weighted by Crippen LogP contribution is 2.42. The molecule has 0 amide bonds. The highest BCUT2D eigenvalue weighted by molar-refractivity contribution is 5.61. The van der Waals surface area contributed by atoms with E-state index < -0.39 is 0 Å². The van der Waals surface area contributed by atoms with Crippen molar-refractivity contribution in [3.63, 3.8) is 0 Å². The number of hydrogen-bond acceptors (Lipinski definition) is 1. The van der Waals surface area contributed by atoms with Crippen LogP contribution in [-0.4, -0.2) is 5.54 Å². The van der Waals surface area contributed by atoms with Crippen molar-refractivity contribution < 1.29 is 0 Å². The molecule has 1 aromatic carbocycles. The van der Waals surface area contributed by atoms with Crippen molar-refractivity contribution in [1.82, 2.24) is 0 Å². The van der Waals surface area contributed by atoms with E-state index in [1.165, 1.54) is 49.8 Å². The largest absolute Gasteiger partial charge is 0.379 e. The molecule has 1 fully saturated rings. The zero-order chi connectivity index (χ0) is 10.3. The summed E-state index contributed by atoms with van der Waals surface area (Å²) in [6.07, 6.45) is 8.22. The summed E-state index contributed by atoms with van der Waals surface area (Å²) in [5, 5.41) is 3.79. The number of rotatable bonds is 0. The van der Waals surface area contributed by atoms with Crippen molar-refractivity contribution in [1.29, 1.82) is 0 Å². The molecule has 0 aromatic heterocycles. The Labute approximate surface area is 91.9 Å². The summed E-state index contributed by atoms with van der Waals surface area (Å²) in [4.78, 5) is 0. The van der Waals surface area contributed by atoms with Gasteiger partial charge in [-0.3, -0.25) is 0 Å². The van der Waals surface area contributed by atoms with Crippen LogP contribution in [0.2, 0.25) is 0 Å². The van der Waals surface area contributed by atoms with Gasteiger partial charge >= 0.3 is 0 Å². The predicted octanol–water partition coefficient (Wildman–Crippen LogP) is 3.67. The van der Waals surface area contributed by atoms with Crippen LogP contribution in [0.4, 0.5) is 5.69 Å². The van der Waals surface area contributed by atoms with Crippen molar-refractivity contribution >= 4 is 5.69 Å². The summed E-state index contributed by atoms with van der Waals surface area (Å²) in [6, 6.07) is 6.65. The third-order valence-corrected chi connectivity index (χ3v) is 4.14. The molecule has 0 bridgehead atoms. The van der Waals surface area contributed by atoms with Gasteiger partial charge in [0.2, 0.25) is 0 Å². The lowest BCUT2D eigenvalue weighted by molar-refractivity contribution is 0.332. The Hall–Kier alpha value is -0.980. The fraction of sp³-hybridized carbons (Fsp3) is 0.571. The SMILES string of the molecule is Cc1cccc2c1CC1(CCCCC1)N2. The minimum atomic E-state index is 0.423. The molecule has 1 aliphatic carbocycles. The average Bonchev–Trinajstić information content (AvgIpc) is 2.59. The molecule has 1 heteroatoms. The van der Waals surface area contributed by atoms with Crippen LogP contribution in [0.15, 0.2) is 18.2 Å². The van der Waals surface area contributed by atoms with Crippen LogP contribution in [0.25, 0.3) is 0 Å². The second-order valence-electron chi connectivity index (χ2n) is 5.24.